The van der Waals surface area contributed by atoms with Crippen LogP contribution in [0, 0.1) is 10.1 Å². The molecule has 0 aromatic heterocycles. The van der Waals surface area contributed by atoms with Crippen LogP contribution in [0.15, 0.2) is 23.4 Å². The first-order chi connectivity index (χ1) is 15.2. The highest BCUT2D eigenvalue weighted by Gasteiger charge is 2.36. The van der Waals surface area contributed by atoms with E-state index in [1.54, 1.807) is 33.8 Å². The predicted molar refractivity (Wildman–Crippen MR) is 118 cm³/mol. The monoisotopic (exact) mass is 449 g/mol. The summed E-state index contributed by atoms with van der Waals surface area (Å²) in [6.45, 7) is 9.36. The molecule has 1 aliphatic rings. The van der Waals surface area contributed by atoms with E-state index >= 15 is 0 Å². The summed E-state index contributed by atoms with van der Waals surface area (Å²) in [6, 6.07) is 1.40. The third kappa shape index (κ3) is 5.89. The van der Waals surface area contributed by atoms with E-state index in [1.165, 1.54) is 6.07 Å². The second-order valence-corrected chi connectivity index (χ2v) is 7.47. The lowest BCUT2D eigenvalue weighted by Gasteiger charge is -2.30. The average molecular weight is 450 g/mol. The van der Waals surface area contributed by atoms with Gasteiger partial charge >= 0.3 is 17.7 Å². The number of allylic oxidation sites excluding steroid dienone is 1. The molecule has 1 aliphatic heterocycles. The molecule has 0 bridgehead atoms. The van der Waals surface area contributed by atoms with Gasteiger partial charge in [-0.3, -0.25) is 10.1 Å². The van der Waals surface area contributed by atoms with Gasteiger partial charge in [-0.2, -0.15) is 0 Å². The summed E-state index contributed by atoms with van der Waals surface area (Å²) in [5.74, 6) is -0.430. The number of benzene rings is 1. The van der Waals surface area contributed by atoms with Crippen molar-refractivity contribution in [1.82, 2.24) is 10.6 Å². The fraction of sp³-hybridized carbons (Fsp3) is 0.545. The first kappa shape index (κ1) is 25.0. The zero-order chi connectivity index (χ0) is 23.8. The maximum absolute atomic E-state index is 13.0. The number of nitro groups is 1. The van der Waals surface area contributed by atoms with Gasteiger partial charge in [0.2, 0.25) is 5.75 Å². The molecular weight excluding hydrogens is 418 g/mol. The summed E-state index contributed by atoms with van der Waals surface area (Å²) >= 11 is 0. The molecule has 1 atom stereocenters. The standard InChI is InChI=1S/C22H31N3O7/c1-6-9-10-15-18(21(26)32-13(4)5)19(24-22(27)23-15)14-11-16(25(28)29)20(31-8-3)17(12-14)30-7-2/h11-13,19H,6-10H2,1-5H3,(H2,23,24,27). The largest absolute Gasteiger partial charge is 0.490 e. The minimum Gasteiger partial charge on any atom is -0.490 e. The van der Waals surface area contributed by atoms with E-state index in [0.29, 0.717) is 17.7 Å². The highest BCUT2D eigenvalue weighted by molar-refractivity contribution is 5.95. The number of unbranched alkanes of at least 4 members (excludes halogenated alkanes) is 1. The molecule has 0 saturated heterocycles. The number of nitro benzene ring substituents is 1. The number of amides is 2. The van der Waals surface area contributed by atoms with E-state index in [9.17, 15) is 19.7 Å². The quantitative estimate of drug-likeness (QED) is 0.295. The van der Waals surface area contributed by atoms with Crippen LogP contribution in [0.1, 0.15) is 65.5 Å². The number of hydrogen-bond acceptors (Lipinski definition) is 7. The van der Waals surface area contributed by atoms with Crippen molar-refractivity contribution in [3.05, 3.63) is 39.1 Å². The van der Waals surface area contributed by atoms with Gasteiger partial charge in [-0.05, 0) is 52.2 Å². The fourth-order valence-electron chi connectivity index (χ4n) is 3.40. The molecule has 2 rings (SSSR count). The zero-order valence-electron chi connectivity index (χ0n) is 19.1. The number of nitrogens with one attached hydrogen (secondary N) is 2. The number of urea groups is 1. The fourth-order valence-corrected chi connectivity index (χ4v) is 3.40. The van der Waals surface area contributed by atoms with Crippen molar-refractivity contribution in [3.8, 4) is 11.5 Å². The Labute approximate surface area is 187 Å². The van der Waals surface area contributed by atoms with Gasteiger partial charge in [0.1, 0.15) is 0 Å². The molecule has 10 nitrogen and oxygen atoms in total. The van der Waals surface area contributed by atoms with Crippen LogP contribution in [0.3, 0.4) is 0 Å². The second-order valence-electron chi connectivity index (χ2n) is 7.47. The van der Waals surface area contributed by atoms with E-state index < -0.39 is 23.0 Å². The summed E-state index contributed by atoms with van der Waals surface area (Å²) in [4.78, 5) is 36.6. The van der Waals surface area contributed by atoms with E-state index in [1.807, 2.05) is 6.92 Å². The van der Waals surface area contributed by atoms with Crippen molar-refractivity contribution in [1.29, 1.82) is 0 Å². The molecule has 1 unspecified atom stereocenters. The molecule has 1 heterocycles. The van der Waals surface area contributed by atoms with E-state index in [-0.39, 0.29) is 42.1 Å². The summed E-state index contributed by atoms with van der Waals surface area (Å²) in [6.07, 6.45) is 1.68. The Morgan fingerprint density at radius 1 is 1.19 bits per heavy atom. The minimum atomic E-state index is -0.949. The van der Waals surface area contributed by atoms with E-state index in [4.69, 9.17) is 14.2 Å². The molecule has 0 spiro atoms. The first-order valence-corrected chi connectivity index (χ1v) is 10.8. The number of ether oxygens (including phenoxy) is 3. The molecule has 1 aromatic rings. The van der Waals surface area contributed by atoms with Gasteiger partial charge in [-0.25, -0.2) is 9.59 Å². The molecule has 0 aliphatic carbocycles. The van der Waals surface area contributed by atoms with Gasteiger partial charge in [0.25, 0.3) is 0 Å². The number of carbonyl (C=O) groups excluding carboxylic acids is 2. The average Bonchev–Trinajstić information content (AvgIpc) is 2.72. The van der Waals surface area contributed by atoms with Crippen LogP contribution in [-0.2, 0) is 9.53 Å². The van der Waals surface area contributed by atoms with Crippen LogP contribution < -0.4 is 20.1 Å². The van der Waals surface area contributed by atoms with Crippen LogP contribution in [0.5, 0.6) is 11.5 Å². The Balaban J connectivity index is 2.70. The Morgan fingerprint density at radius 2 is 1.88 bits per heavy atom. The van der Waals surface area contributed by atoms with Gasteiger partial charge in [-0.15, -0.1) is 0 Å². The molecule has 32 heavy (non-hydrogen) atoms. The normalized spacial score (nSPS) is 15.8. The minimum absolute atomic E-state index is 0.00449. The topological polar surface area (TPSA) is 129 Å². The van der Waals surface area contributed by atoms with Crippen LogP contribution >= 0.6 is 0 Å². The Hall–Kier alpha value is -3.30. The first-order valence-electron chi connectivity index (χ1n) is 10.8. The number of rotatable bonds is 11. The number of carbonyl (C=O) groups is 2. The predicted octanol–water partition coefficient (Wildman–Crippen LogP) is 4.14. The number of hydrogen-bond donors (Lipinski definition) is 2. The number of nitrogens with zero attached hydrogens (tertiary/aromatic N) is 1. The molecule has 0 fully saturated rings. The highest BCUT2D eigenvalue weighted by atomic mass is 16.6. The SMILES string of the molecule is CCCCC1=C(C(=O)OC(C)C)C(c2cc(OCC)c(OCC)c([N+](=O)[O-])c2)NC(=O)N1. The lowest BCUT2D eigenvalue weighted by atomic mass is 9.92. The second kappa shape index (κ2) is 11.4. The molecule has 176 valence electrons. The summed E-state index contributed by atoms with van der Waals surface area (Å²) in [5, 5.41) is 17.2. The molecule has 1 aromatic carbocycles. The van der Waals surface area contributed by atoms with Gasteiger partial charge in [0.15, 0.2) is 5.75 Å². The van der Waals surface area contributed by atoms with Gasteiger partial charge in [-0.1, -0.05) is 13.3 Å². The smallest absolute Gasteiger partial charge is 0.338 e. The Kier molecular flexibility index (Phi) is 8.86. The third-order valence-corrected chi connectivity index (χ3v) is 4.67. The van der Waals surface area contributed by atoms with Crippen molar-refractivity contribution in [3.63, 3.8) is 0 Å². The molecule has 2 N–H and O–H groups in total. The molecular formula is C22H31N3O7. The maximum Gasteiger partial charge on any atom is 0.338 e. The van der Waals surface area contributed by atoms with Gasteiger partial charge in [0.05, 0.1) is 35.9 Å². The van der Waals surface area contributed by atoms with Crippen molar-refractivity contribution in [2.75, 3.05) is 13.2 Å². The molecule has 2 amide bonds. The van der Waals surface area contributed by atoms with Crippen LogP contribution in [0.25, 0.3) is 0 Å². The summed E-state index contributed by atoms with van der Waals surface area (Å²) < 4.78 is 16.5. The number of esters is 1. The van der Waals surface area contributed by atoms with Crippen molar-refractivity contribution < 1.29 is 28.7 Å². The Morgan fingerprint density at radius 3 is 2.44 bits per heavy atom. The lowest BCUT2D eigenvalue weighted by molar-refractivity contribution is -0.386. The lowest BCUT2D eigenvalue weighted by Crippen LogP contribution is -2.46. The van der Waals surface area contributed by atoms with Gasteiger partial charge < -0.3 is 24.8 Å². The van der Waals surface area contributed by atoms with Gasteiger partial charge in [0, 0.05) is 11.8 Å². The summed E-state index contributed by atoms with van der Waals surface area (Å²) in [5.41, 5.74) is 0.670. The van der Waals surface area contributed by atoms with Crippen molar-refractivity contribution >= 4 is 17.7 Å². The molecule has 0 saturated carbocycles. The Bertz CT molecular complexity index is 896. The summed E-state index contributed by atoms with van der Waals surface area (Å²) in [7, 11) is 0. The molecule has 10 heteroatoms. The van der Waals surface area contributed by atoms with Crippen LogP contribution in [-0.4, -0.2) is 36.2 Å². The van der Waals surface area contributed by atoms with E-state index in [2.05, 4.69) is 10.6 Å². The zero-order valence-corrected chi connectivity index (χ0v) is 19.1. The van der Waals surface area contributed by atoms with Crippen LogP contribution in [0.2, 0.25) is 0 Å². The molecule has 0 radical (unpaired) electrons. The van der Waals surface area contributed by atoms with E-state index in [0.717, 1.165) is 12.8 Å². The van der Waals surface area contributed by atoms with Crippen LogP contribution in [0.4, 0.5) is 10.5 Å². The van der Waals surface area contributed by atoms with Crippen molar-refractivity contribution in [2.45, 2.75) is 66.0 Å². The maximum atomic E-state index is 13.0. The van der Waals surface area contributed by atoms with Crippen molar-refractivity contribution in [2.24, 2.45) is 0 Å². The third-order valence-electron chi connectivity index (χ3n) is 4.67. The highest BCUT2D eigenvalue weighted by Crippen LogP contribution is 2.42.